The third-order valence-corrected chi connectivity index (χ3v) is 8.81. The number of hydrogen-bond donors (Lipinski definition) is 3. The Hall–Kier alpha value is -1.89. The number of allylic oxidation sites excluding steroid dienone is 2. The highest BCUT2D eigenvalue weighted by Gasteiger charge is 2.55. The van der Waals surface area contributed by atoms with E-state index in [9.17, 15) is 29.7 Å². The second kappa shape index (κ2) is 24.7. The number of nitrogens with zero attached hydrogens (tertiary/aromatic N) is 1. The standard InChI is InChI=1S/C34H63NO6/c1-5-9-10-11-12-13-14-15-16-17-18-19-20-21-22-23-24-25-26-27-28-35(29(6-2)32(36)37,30(7-3)33(38)39)31(8-4)34(40)41/h20-21,29-31H,5-19,22-28H2,1-4H3,(H2-,36,37,38,39,40,41)/p+1/b21-20-. The first kappa shape index (κ1) is 39.1. The van der Waals surface area contributed by atoms with Gasteiger partial charge in [-0.15, -0.1) is 0 Å². The molecule has 0 spiro atoms. The third-order valence-electron chi connectivity index (χ3n) is 8.81. The molecule has 0 bridgehead atoms. The lowest BCUT2D eigenvalue weighted by Gasteiger charge is -2.49. The summed E-state index contributed by atoms with van der Waals surface area (Å²) in [4.78, 5) is 36.8. The van der Waals surface area contributed by atoms with Crippen molar-refractivity contribution in [2.45, 2.75) is 181 Å². The van der Waals surface area contributed by atoms with Crippen molar-refractivity contribution >= 4 is 17.9 Å². The summed E-state index contributed by atoms with van der Waals surface area (Å²) < 4.78 is -0.411. The van der Waals surface area contributed by atoms with Gasteiger partial charge in [-0.25, -0.2) is 14.4 Å². The van der Waals surface area contributed by atoms with Crippen molar-refractivity contribution < 1.29 is 34.2 Å². The van der Waals surface area contributed by atoms with Crippen LogP contribution in [0.3, 0.4) is 0 Å². The molecule has 3 unspecified atom stereocenters. The van der Waals surface area contributed by atoms with Gasteiger partial charge in [0.15, 0.2) is 18.1 Å². The molecule has 0 fully saturated rings. The van der Waals surface area contributed by atoms with Gasteiger partial charge < -0.3 is 15.3 Å². The van der Waals surface area contributed by atoms with Crippen LogP contribution in [0.15, 0.2) is 12.2 Å². The number of unbranched alkanes of at least 4 members (excludes halogenated alkanes) is 16. The van der Waals surface area contributed by atoms with Gasteiger partial charge in [0.25, 0.3) is 0 Å². The molecule has 0 aromatic carbocycles. The van der Waals surface area contributed by atoms with E-state index in [4.69, 9.17) is 0 Å². The van der Waals surface area contributed by atoms with Gasteiger partial charge in [0.2, 0.25) is 0 Å². The van der Waals surface area contributed by atoms with Crippen LogP contribution in [0.4, 0.5) is 0 Å². The molecular weight excluding hydrogens is 518 g/mol. The molecule has 7 nitrogen and oxygen atoms in total. The van der Waals surface area contributed by atoms with Crippen LogP contribution < -0.4 is 0 Å². The molecule has 0 amide bonds. The first-order valence-corrected chi connectivity index (χ1v) is 16.9. The molecule has 0 heterocycles. The minimum Gasteiger partial charge on any atom is -0.477 e. The Kier molecular flexibility index (Phi) is 23.5. The van der Waals surface area contributed by atoms with Gasteiger partial charge in [-0.1, -0.05) is 117 Å². The van der Waals surface area contributed by atoms with Gasteiger partial charge in [-0.2, -0.15) is 0 Å². The number of carboxylic acids is 3. The largest absolute Gasteiger partial charge is 0.477 e. The van der Waals surface area contributed by atoms with Crippen molar-refractivity contribution in [2.75, 3.05) is 6.54 Å². The molecule has 240 valence electrons. The number of carbonyl (C=O) groups is 3. The number of quaternary nitrogens is 1. The zero-order valence-corrected chi connectivity index (χ0v) is 27.0. The monoisotopic (exact) mass is 582 g/mol. The van der Waals surface area contributed by atoms with Crippen LogP contribution in [0.2, 0.25) is 0 Å². The van der Waals surface area contributed by atoms with Crippen molar-refractivity contribution in [3.05, 3.63) is 12.2 Å². The van der Waals surface area contributed by atoms with Crippen molar-refractivity contribution in [3.8, 4) is 0 Å². The fourth-order valence-corrected chi connectivity index (χ4v) is 6.62. The van der Waals surface area contributed by atoms with Crippen molar-refractivity contribution in [2.24, 2.45) is 0 Å². The molecule has 7 heteroatoms. The highest BCUT2D eigenvalue weighted by Crippen LogP contribution is 2.32. The summed E-state index contributed by atoms with van der Waals surface area (Å²) in [6, 6.07) is -3.20. The van der Waals surface area contributed by atoms with Crippen molar-refractivity contribution in [3.63, 3.8) is 0 Å². The van der Waals surface area contributed by atoms with Crippen molar-refractivity contribution in [1.29, 1.82) is 0 Å². The molecule has 0 aromatic rings. The maximum absolute atomic E-state index is 12.3. The van der Waals surface area contributed by atoms with E-state index in [0.717, 1.165) is 38.5 Å². The summed E-state index contributed by atoms with van der Waals surface area (Å²) >= 11 is 0. The predicted octanol–water partition coefficient (Wildman–Crippen LogP) is 8.99. The lowest BCUT2D eigenvalue weighted by atomic mass is 9.94. The SMILES string of the molecule is CCCCCCCCCCCCC/C=C\CCCCCCC[N+](C(CC)C(=O)O)(C(CC)C(=O)O)C(CC)C(=O)O. The van der Waals surface area contributed by atoms with E-state index in [1.165, 1.54) is 70.6 Å². The average molecular weight is 583 g/mol. The summed E-state index contributed by atoms with van der Waals surface area (Å²) in [5, 5.41) is 30.1. The summed E-state index contributed by atoms with van der Waals surface area (Å²) in [5.74, 6) is -3.36. The highest BCUT2D eigenvalue weighted by atomic mass is 16.4. The maximum atomic E-state index is 12.3. The van der Waals surface area contributed by atoms with Gasteiger partial charge in [0.05, 0.1) is 6.54 Å². The lowest BCUT2D eigenvalue weighted by Crippen LogP contribution is -2.72. The number of hydrogen-bond acceptors (Lipinski definition) is 3. The fourth-order valence-electron chi connectivity index (χ4n) is 6.62. The van der Waals surface area contributed by atoms with Crippen LogP contribution in [0.25, 0.3) is 0 Å². The van der Waals surface area contributed by atoms with Gasteiger partial charge in [0.1, 0.15) is 0 Å². The van der Waals surface area contributed by atoms with E-state index in [2.05, 4.69) is 19.1 Å². The summed E-state index contributed by atoms with van der Waals surface area (Å²) in [5.41, 5.74) is 0. The molecule has 0 saturated heterocycles. The fraction of sp³-hybridized carbons (Fsp3) is 0.853. The van der Waals surface area contributed by atoms with Gasteiger partial charge in [-0.05, 0) is 38.5 Å². The molecule has 41 heavy (non-hydrogen) atoms. The van der Waals surface area contributed by atoms with E-state index in [-0.39, 0.29) is 25.8 Å². The highest BCUT2D eigenvalue weighted by molar-refractivity contribution is 5.78. The molecule has 0 rings (SSSR count). The normalized spacial score (nSPS) is 15.4. The first-order chi connectivity index (χ1) is 19.7. The second-order valence-corrected chi connectivity index (χ2v) is 11.9. The maximum Gasteiger partial charge on any atom is 0.362 e. The topological polar surface area (TPSA) is 112 Å². The molecule has 0 aromatic heterocycles. The minimum atomic E-state index is -1.12. The van der Waals surface area contributed by atoms with Crippen LogP contribution in [0.1, 0.15) is 163 Å². The van der Waals surface area contributed by atoms with Crippen LogP contribution in [-0.4, -0.2) is 62.4 Å². The van der Waals surface area contributed by atoms with Crippen molar-refractivity contribution in [1.82, 2.24) is 0 Å². The Labute approximate surface area is 251 Å². The second-order valence-electron chi connectivity index (χ2n) is 11.9. The molecule has 0 aliphatic heterocycles. The summed E-state index contributed by atoms with van der Waals surface area (Å²) in [6.45, 7) is 7.64. The van der Waals surface area contributed by atoms with Gasteiger partial charge >= 0.3 is 17.9 Å². The predicted molar refractivity (Wildman–Crippen MR) is 168 cm³/mol. The Morgan fingerprint density at radius 1 is 0.488 bits per heavy atom. The van der Waals surface area contributed by atoms with Crippen LogP contribution >= 0.6 is 0 Å². The Bertz CT molecular complexity index is 667. The van der Waals surface area contributed by atoms with E-state index in [0.29, 0.717) is 6.42 Å². The van der Waals surface area contributed by atoms with Crippen LogP contribution in [-0.2, 0) is 14.4 Å². The molecular formula is C34H64NO6+. The molecule has 3 atom stereocenters. The smallest absolute Gasteiger partial charge is 0.362 e. The Balaban J connectivity index is 4.48. The molecule has 3 N–H and O–H groups in total. The van der Waals surface area contributed by atoms with Gasteiger partial charge in [0, 0.05) is 19.3 Å². The summed E-state index contributed by atoms with van der Waals surface area (Å²) in [6.07, 6.45) is 27.0. The zero-order chi connectivity index (χ0) is 30.9. The molecule has 0 aliphatic carbocycles. The molecule has 0 aliphatic rings. The molecule has 0 saturated carbocycles. The lowest BCUT2D eigenvalue weighted by molar-refractivity contribution is -0.973. The van der Waals surface area contributed by atoms with Gasteiger partial charge in [-0.3, -0.25) is 4.48 Å². The van der Waals surface area contributed by atoms with E-state index >= 15 is 0 Å². The summed E-state index contributed by atoms with van der Waals surface area (Å²) in [7, 11) is 0. The number of rotatable bonds is 29. The number of carboxylic acid groups (broad SMARTS) is 3. The van der Waals surface area contributed by atoms with E-state index < -0.39 is 40.5 Å². The Morgan fingerprint density at radius 3 is 1.07 bits per heavy atom. The Morgan fingerprint density at radius 2 is 0.780 bits per heavy atom. The zero-order valence-electron chi connectivity index (χ0n) is 27.0. The quantitative estimate of drug-likeness (QED) is 0.0461. The minimum absolute atomic E-state index is 0.189. The van der Waals surface area contributed by atoms with E-state index in [1.807, 2.05) is 0 Å². The number of aliphatic carboxylic acids is 3. The average Bonchev–Trinajstić information content (AvgIpc) is 2.92. The van der Waals surface area contributed by atoms with Crippen LogP contribution in [0.5, 0.6) is 0 Å². The first-order valence-electron chi connectivity index (χ1n) is 16.9. The third kappa shape index (κ3) is 15.2. The van der Waals surface area contributed by atoms with Crippen LogP contribution in [0, 0.1) is 0 Å². The molecule has 0 radical (unpaired) electrons. The van der Waals surface area contributed by atoms with E-state index in [1.54, 1.807) is 20.8 Å².